The Bertz CT molecular complexity index is 612. The first-order chi connectivity index (χ1) is 11.4. The van der Waals surface area contributed by atoms with Crippen LogP contribution >= 0.6 is 0 Å². The molecule has 0 aliphatic carbocycles. The minimum atomic E-state index is -0.818. The molecule has 7 heteroatoms. The van der Waals surface area contributed by atoms with Crippen LogP contribution in [0, 0.1) is 0 Å². The van der Waals surface area contributed by atoms with Gasteiger partial charge in [-0.2, -0.15) is 5.10 Å². The number of nitrogens with one attached hydrogen (secondary N) is 2. The Kier molecular flexibility index (Phi) is 7.74. The van der Waals surface area contributed by atoms with Gasteiger partial charge in [0.05, 0.1) is 18.9 Å². The standard InChI is InChI=1S/C17H25N3O4/c1-6-23-13-8-9-15(24-7-2)14(10-13)12(5)19-20-17(22)16(21)18-11(3)4/h8-11H,6-7H2,1-5H3,(H,18,21)(H,20,22)/b19-12-. The van der Waals surface area contributed by atoms with E-state index in [1.807, 2.05) is 13.8 Å². The molecule has 1 aromatic rings. The number of benzene rings is 1. The predicted molar refractivity (Wildman–Crippen MR) is 92.4 cm³/mol. The summed E-state index contributed by atoms with van der Waals surface area (Å²) in [7, 11) is 0. The number of rotatable bonds is 7. The molecule has 0 atom stereocenters. The Morgan fingerprint density at radius 1 is 1.12 bits per heavy atom. The van der Waals surface area contributed by atoms with Crippen molar-refractivity contribution in [1.82, 2.24) is 10.7 Å². The molecule has 2 N–H and O–H groups in total. The third kappa shape index (κ3) is 5.91. The van der Waals surface area contributed by atoms with Gasteiger partial charge in [0.15, 0.2) is 0 Å². The lowest BCUT2D eigenvalue weighted by Gasteiger charge is -2.12. The highest BCUT2D eigenvalue weighted by Gasteiger charge is 2.14. The Hall–Kier alpha value is -2.57. The highest BCUT2D eigenvalue weighted by atomic mass is 16.5. The van der Waals surface area contributed by atoms with Gasteiger partial charge in [-0.1, -0.05) is 0 Å². The van der Waals surface area contributed by atoms with E-state index in [9.17, 15) is 9.59 Å². The van der Waals surface area contributed by atoms with Crippen LogP contribution < -0.4 is 20.2 Å². The van der Waals surface area contributed by atoms with Crippen molar-refractivity contribution in [2.24, 2.45) is 5.10 Å². The summed E-state index contributed by atoms with van der Waals surface area (Å²) in [6.45, 7) is 10.1. The number of hydrogen-bond donors (Lipinski definition) is 2. The van der Waals surface area contributed by atoms with E-state index in [-0.39, 0.29) is 6.04 Å². The summed E-state index contributed by atoms with van der Waals surface area (Å²) >= 11 is 0. The minimum Gasteiger partial charge on any atom is -0.494 e. The highest BCUT2D eigenvalue weighted by molar-refractivity contribution is 6.35. The summed E-state index contributed by atoms with van der Waals surface area (Å²) in [4.78, 5) is 23.3. The molecule has 0 fully saturated rings. The first-order valence-corrected chi connectivity index (χ1v) is 7.94. The van der Waals surface area contributed by atoms with Crippen LogP contribution in [0.4, 0.5) is 0 Å². The van der Waals surface area contributed by atoms with Gasteiger partial charge < -0.3 is 14.8 Å². The van der Waals surface area contributed by atoms with E-state index < -0.39 is 11.8 Å². The summed E-state index contributed by atoms with van der Waals surface area (Å²) in [5.74, 6) is -0.242. The molecule has 0 radical (unpaired) electrons. The van der Waals surface area contributed by atoms with Crippen molar-refractivity contribution in [3.63, 3.8) is 0 Å². The SMILES string of the molecule is CCOc1ccc(OCC)c(/C(C)=N\NC(=O)C(=O)NC(C)C)c1. The van der Waals surface area contributed by atoms with Crippen LogP contribution in [0.25, 0.3) is 0 Å². The second kappa shape index (κ2) is 9.54. The van der Waals surface area contributed by atoms with Crippen molar-refractivity contribution in [2.45, 2.75) is 40.7 Å². The number of carbonyl (C=O) groups is 2. The molecule has 0 aliphatic rings. The maximum absolute atomic E-state index is 11.7. The first-order valence-electron chi connectivity index (χ1n) is 7.94. The molecule has 0 bridgehead atoms. The summed E-state index contributed by atoms with van der Waals surface area (Å²) in [5, 5.41) is 6.49. The lowest BCUT2D eigenvalue weighted by atomic mass is 10.1. The van der Waals surface area contributed by atoms with Gasteiger partial charge in [-0.05, 0) is 52.8 Å². The molecule has 0 spiro atoms. The van der Waals surface area contributed by atoms with Crippen LogP contribution in [0.1, 0.15) is 40.2 Å². The molecule has 0 unspecified atom stereocenters. The Labute approximate surface area is 142 Å². The second-order valence-electron chi connectivity index (χ2n) is 5.29. The zero-order valence-electron chi connectivity index (χ0n) is 14.8. The van der Waals surface area contributed by atoms with E-state index in [0.29, 0.717) is 36.0 Å². The van der Waals surface area contributed by atoms with E-state index in [2.05, 4.69) is 15.8 Å². The fourth-order valence-electron chi connectivity index (χ4n) is 1.90. The molecule has 0 aliphatic heterocycles. The van der Waals surface area contributed by atoms with Crippen LogP contribution in [0.15, 0.2) is 23.3 Å². The van der Waals surface area contributed by atoms with Crippen LogP contribution in [-0.2, 0) is 9.59 Å². The topological polar surface area (TPSA) is 89.0 Å². The van der Waals surface area contributed by atoms with E-state index in [1.54, 1.807) is 39.0 Å². The van der Waals surface area contributed by atoms with E-state index in [1.165, 1.54) is 0 Å². The minimum absolute atomic E-state index is 0.124. The maximum Gasteiger partial charge on any atom is 0.329 e. The third-order valence-electron chi connectivity index (χ3n) is 2.90. The quantitative estimate of drug-likeness (QED) is 0.452. The predicted octanol–water partition coefficient (Wildman–Crippen LogP) is 1.85. The molecule has 7 nitrogen and oxygen atoms in total. The second-order valence-corrected chi connectivity index (χ2v) is 5.29. The molecular weight excluding hydrogens is 310 g/mol. The molecule has 0 saturated heterocycles. The summed E-state index contributed by atoms with van der Waals surface area (Å²) in [6.07, 6.45) is 0. The summed E-state index contributed by atoms with van der Waals surface area (Å²) in [5.41, 5.74) is 3.44. The van der Waals surface area contributed by atoms with Crippen molar-refractivity contribution in [1.29, 1.82) is 0 Å². The summed E-state index contributed by atoms with van der Waals surface area (Å²) in [6, 6.07) is 5.25. The van der Waals surface area contributed by atoms with Crippen molar-refractivity contribution >= 4 is 17.5 Å². The van der Waals surface area contributed by atoms with Crippen molar-refractivity contribution in [3.05, 3.63) is 23.8 Å². The number of hydrogen-bond acceptors (Lipinski definition) is 5. The average Bonchev–Trinajstić information content (AvgIpc) is 2.53. The van der Waals surface area contributed by atoms with E-state index in [0.717, 1.165) is 0 Å². The van der Waals surface area contributed by atoms with Crippen molar-refractivity contribution in [2.75, 3.05) is 13.2 Å². The van der Waals surface area contributed by atoms with Crippen LogP contribution in [0.2, 0.25) is 0 Å². The molecule has 0 heterocycles. The maximum atomic E-state index is 11.7. The van der Waals surface area contributed by atoms with Crippen LogP contribution in [0.5, 0.6) is 11.5 Å². The highest BCUT2D eigenvalue weighted by Crippen LogP contribution is 2.25. The zero-order chi connectivity index (χ0) is 18.1. The van der Waals surface area contributed by atoms with E-state index >= 15 is 0 Å². The molecule has 0 aromatic heterocycles. The fraction of sp³-hybridized carbons (Fsp3) is 0.471. The van der Waals surface area contributed by atoms with Gasteiger partial charge in [-0.15, -0.1) is 0 Å². The monoisotopic (exact) mass is 335 g/mol. The number of ether oxygens (including phenoxy) is 2. The molecule has 132 valence electrons. The van der Waals surface area contributed by atoms with Gasteiger partial charge in [-0.3, -0.25) is 9.59 Å². The Balaban J connectivity index is 2.94. The number of amides is 2. The Morgan fingerprint density at radius 3 is 2.38 bits per heavy atom. The number of carbonyl (C=O) groups excluding carboxylic acids is 2. The zero-order valence-corrected chi connectivity index (χ0v) is 14.8. The number of nitrogens with zero attached hydrogens (tertiary/aromatic N) is 1. The number of hydrazone groups is 1. The molecular formula is C17H25N3O4. The lowest BCUT2D eigenvalue weighted by Crippen LogP contribution is -2.41. The van der Waals surface area contributed by atoms with Gasteiger partial charge in [0, 0.05) is 11.6 Å². The largest absolute Gasteiger partial charge is 0.494 e. The van der Waals surface area contributed by atoms with Crippen molar-refractivity contribution in [3.8, 4) is 11.5 Å². The molecule has 0 saturated carbocycles. The van der Waals surface area contributed by atoms with Crippen LogP contribution in [0.3, 0.4) is 0 Å². The average molecular weight is 335 g/mol. The normalized spacial score (nSPS) is 11.2. The third-order valence-corrected chi connectivity index (χ3v) is 2.90. The molecule has 1 rings (SSSR count). The molecule has 1 aromatic carbocycles. The fourth-order valence-corrected chi connectivity index (χ4v) is 1.90. The first kappa shape index (κ1) is 19.5. The molecule has 2 amide bonds. The van der Waals surface area contributed by atoms with E-state index in [4.69, 9.17) is 9.47 Å². The van der Waals surface area contributed by atoms with Crippen molar-refractivity contribution < 1.29 is 19.1 Å². The van der Waals surface area contributed by atoms with Gasteiger partial charge in [-0.25, -0.2) is 5.43 Å². The molecule has 24 heavy (non-hydrogen) atoms. The summed E-state index contributed by atoms with van der Waals surface area (Å²) < 4.78 is 11.0. The lowest BCUT2D eigenvalue weighted by molar-refractivity contribution is -0.139. The Morgan fingerprint density at radius 2 is 1.79 bits per heavy atom. The van der Waals surface area contributed by atoms with Gasteiger partial charge in [0.1, 0.15) is 11.5 Å². The van der Waals surface area contributed by atoms with Gasteiger partial charge in [0.25, 0.3) is 0 Å². The van der Waals surface area contributed by atoms with Gasteiger partial charge >= 0.3 is 11.8 Å². The van der Waals surface area contributed by atoms with Gasteiger partial charge in [0.2, 0.25) is 0 Å². The smallest absolute Gasteiger partial charge is 0.329 e. The van der Waals surface area contributed by atoms with Crippen LogP contribution in [-0.4, -0.2) is 36.8 Å².